The molecule has 0 radical (unpaired) electrons. The van der Waals surface area contributed by atoms with Crippen molar-refractivity contribution >= 4 is 0 Å². The number of rotatable bonds is 7. The Morgan fingerprint density at radius 3 is 1.89 bits per heavy atom. The van der Waals surface area contributed by atoms with Crippen LogP contribution in [0.3, 0.4) is 0 Å². The maximum Gasteiger partial charge on any atom is 0.165 e. The van der Waals surface area contributed by atoms with E-state index in [-0.39, 0.29) is 12.2 Å². The number of hydrogen-bond donors (Lipinski definition) is 0. The first kappa shape index (κ1) is 16.7. The normalized spacial score (nSPS) is 40.9. The van der Waals surface area contributed by atoms with Crippen LogP contribution in [0.5, 0.6) is 11.5 Å². The summed E-state index contributed by atoms with van der Waals surface area (Å²) in [5.74, 6) is 4.71. The lowest BCUT2D eigenvalue weighted by Crippen LogP contribution is -2.48. The zero-order chi connectivity index (χ0) is 18.0. The van der Waals surface area contributed by atoms with E-state index < -0.39 is 0 Å². The first-order chi connectivity index (χ1) is 13.2. The molecule has 1 aromatic carbocycles. The molecule has 0 spiro atoms. The molecular formula is C23H30O4. The van der Waals surface area contributed by atoms with Crippen molar-refractivity contribution < 1.29 is 18.9 Å². The van der Waals surface area contributed by atoms with Gasteiger partial charge in [0.2, 0.25) is 0 Å². The van der Waals surface area contributed by atoms with E-state index in [1.54, 1.807) is 0 Å². The third-order valence-electron chi connectivity index (χ3n) is 7.55. The van der Waals surface area contributed by atoms with Gasteiger partial charge in [-0.25, -0.2) is 0 Å². The Kier molecular flexibility index (Phi) is 3.78. The van der Waals surface area contributed by atoms with Gasteiger partial charge in [-0.1, -0.05) is 12.1 Å². The topological polar surface area (TPSA) is 43.5 Å². The van der Waals surface area contributed by atoms with Crippen molar-refractivity contribution in [2.45, 2.75) is 63.1 Å². The van der Waals surface area contributed by atoms with Crippen LogP contribution in [0.1, 0.15) is 49.7 Å². The van der Waals surface area contributed by atoms with Crippen molar-refractivity contribution in [2.75, 3.05) is 26.4 Å². The van der Waals surface area contributed by atoms with Crippen LogP contribution in [0.2, 0.25) is 0 Å². The maximum atomic E-state index is 6.42. The van der Waals surface area contributed by atoms with E-state index >= 15 is 0 Å². The quantitative estimate of drug-likeness (QED) is 0.680. The fraction of sp³-hybridized carbons (Fsp3) is 0.739. The molecule has 0 amide bonds. The van der Waals surface area contributed by atoms with Gasteiger partial charge in [0.05, 0.1) is 13.2 Å². The minimum atomic E-state index is 0.257. The van der Waals surface area contributed by atoms with Gasteiger partial charge in [0.1, 0.15) is 25.4 Å². The standard InChI is InChI=1S/C23H30O4/c1-14-2-3-20(23-7-15-4-16(8-23)6-17(5-15)9-23)22(27-13-19-11-25-19)21(14)26-12-18-10-24-18/h2-3,15-19H,4-13H2,1H3. The van der Waals surface area contributed by atoms with Crippen molar-refractivity contribution in [3.05, 3.63) is 23.3 Å². The number of benzene rings is 1. The SMILES string of the molecule is Cc1ccc(C23CC4CC(CC(C4)C2)C3)c(OCC2CO2)c1OCC1CO1. The Balaban J connectivity index is 1.38. The third-order valence-corrected chi connectivity index (χ3v) is 7.55. The van der Waals surface area contributed by atoms with Gasteiger partial charge in [0, 0.05) is 5.56 Å². The minimum Gasteiger partial charge on any atom is -0.487 e. The van der Waals surface area contributed by atoms with E-state index in [0.717, 1.165) is 48.0 Å². The molecule has 27 heavy (non-hydrogen) atoms. The molecule has 1 aromatic rings. The molecule has 4 nitrogen and oxygen atoms in total. The van der Waals surface area contributed by atoms with E-state index in [0.29, 0.717) is 18.6 Å². The van der Waals surface area contributed by atoms with E-state index in [1.807, 2.05) is 0 Å². The molecule has 0 aromatic heterocycles. The molecule has 4 heteroatoms. The first-order valence-electron chi connectivity index (χ1n) is 10.8. The van der Waals surface area contributed by atoms with E-state index in [2.05, 4.69) is 19.1 Å². The van der Waals surface area contributed by atoms with Crippen molar-refractivity contribution in [1.82, 2.24) is 0 Å². The highest BCUT2D eigenvalue weighted by atomic mass is 16.6. The van der Waals surface area contributed by atoms with Crippen LogP contribution >= 0.6 is 0 Å². The summed E-state index contributed by atoms with van der Waals surface area (Å²) in [6.45, 7) is 5.04. The summed E-state index contributed by atoms with van der Waals surface area (Å²) < 4.78 is 23.5. The molecule has 0 N–H and O–H groups in total. The summed E-state index contributed by atoms with van der Waals surface area (Å²) in [4.78, 5) is 0. The van der Waals surface area contributed by atoms with Crippen LogP contribution in [0.4, 0.5) is 0 Å². The fourth-order valence-corrected chi connectivity index (χ4v) is 6.52. The highest BCUT2D eigenvalue weighted by molar-refractivity contribution is 5.55. The zero-order valence-corrected chi connectivity index (χ0v) is 16.2. The molecular weight excluding hydrogens is 340 g/mol. The molecule has 6 fully saturated rings. The molecule has 2 heterocycles. The molecule has 2 atom stereocenters. The molecule has 2 aliphatic heterocycles. The van der Waals surface area contributed by atoms with Gasteiger partial charge in [-0.3, -0.25) is 0 Å². The predicted octanol–water partition coefficient (Wildman–Crippen LogP) is 4.02. The molecule has 6 aliphatic rings. The molecule has 2 unspecified atom stereocenters. The zero-order valence-electron chi connectivity index (χ0n) is 16.2. The first-order valence-corrected chi connectivity index (χ1v) is 10.8. The fourth-order valence-electron chi connectivity index (χ4n) is 6.52. The van der Waals surface area contributed by atoms with E-state index in [1.165, 1.54) is 44.1 Å². The summed E-state index contributed by atoms with van der Waals surface area (Å²) in [5.41, 5.74) is 2.88. The second kappa shape index (κ2) is 6.12. The Morgan fingerprint density at radius 1 is 0.852 bits per heavy atom. The van der Waals surface area contributed by atoms with Crippen LogP contribution in [-0.4, -0.2) is 38.6 Å². The summed E-state index contributed by atoms with van der Waals surface area (Å²) in [6, 6.07) is 4.60. The van der Waals surface area contributed by atoms with E-state index in [9.17, 15) is 0 Å². The smallest absolute Gasteiger partial charge is 0.165 e. The summed E-state index contributed by atoms with van der Waals surface area (Å²) >= 11 is 0. The van der Waals surface area contributed by atoms with Crippen molar-refractivity contribution in [3.8, 4) is 11.5 Å². The second-order valence-electron chi connectivity index (χ2n) is 9.82. The summed E-state index contributed by atoms with van der Waals surface area (Å²) in [5, 5.41) is 0. The maximum absolute atomic E-state index is 6.42. The second-order valence-corrected chi connectivity index (χ2v) is 9.82. The van der Waals surface area contributed by atoms with Crippen LogP contribution < -0.4 is 9.47 Å². The van der Waals surface area contributed by atoms with Crippen molar-refractivity contribution in [1.29, 1.82) is 0 Å². The predicted molar refractivity (Wildman–Crippen MR) is 101 cm³/mol. The average molecular weight is 370 g/mol. The molecule has 4 saturated carbocycles. The highest BCUT2D eigenvalue weighted by Crippen LogP contribution is 2.62. The van der Waals surface area contributed by atoms with Crippen LogP contribution in [0.15, 0.2) is 12.1 Å². The van der Waals surface area contributed by atoms with Crippen LogP contribution in [0.25, 0.3) is 0 Å². The Bertz CT molecular complexity index is 699. The molecule has 146 valence electrons. The summed E-state index contributed by atoms with van der Waals surface area (Å²) in [6.07, 6.45) is 8.90. The molecule has 4 bridgehead atoms. The Hall–Kier alpha value is -1.26. The van der Waals surface area contributed by atoms with Gasteiger partial charge in [0.15, 0.2) is 11.5 Å². The van der Waals surface area contributed by atoms with Gasteiger partial charge in [-0.15, -0.1) is 0 Å². The monoisotopic (exact) mass is 370 g/mol. The highest BCUT2D eigenvalue weighted by Gasteiger charge is 2.53. The van der Waals surface area contributed by atoms with Crippen molar-refractivity contribution in [2.24, 2.45) is 17.8 Å². The number of epoxide rings is 2. The van der Waals surface area contributed by atoms with E-state index in [4.69, 9.17) is 18.9 Å². The third kappa shape index (κ3) is 3.05. The molecule has 4 aliphatic carbocycles. The van der Waals surface area contributed by atoms with Crippen LogP contribution in [0, 0.1) is 24.7 Å². The van der Waals surface area contributed by atoms with Gasteiger partial charge in [-0.2, -0.15) is 0 Å². The average Bonchev–Trinajstić information content (AvgIpc) is 3.52. The number of hydrogen-bond acceptors (Lipinski definition) is 4. The Morgan fingerprint density at radius 2 is 1.37 bits per heavy atom. The lowest BCUT2D eigenvalue weighted by Gasteiger charge is -2.57. The number of ether oxygens (including phenoxy) is 4. The van der Waals surface area contributed by atoms with Gasteiger partial charge in [0.25, 0.3) is 0 Å². The molecule has 2 saturated heterocycles. The van der Waals surface area contributed by atoms with Gasteiger partial charge >= 0.3 is 0 Å². The van der Waals surface area contributed by atoms with Gasteiger partial charge < -0.3 is 18.9 Å². The molecule has 7 rings (SSSR count). The lowest BCUT2D eigenvalue weighted by molar-refractivity contribution is -0.00665. The minimum absolute atomic E-state index is 0.257. The van der Waals surface area contributed by atoms with Gasteiger partial charge in [-0.05, 0) is 74.2 Å². The Labute approximate surface area is 161 Å². The lowest BCUT2D eigenvalue weighted by atomic mass is 9.48. The summed E-state index contributed by atoms with van der Waals surface area (Å²) in [7, 11) is 0. The van der Waals surface area contributed by atoms with Crippen molar-refractivity contribution in [3.63, 3.8) is 0 Å². The largest absolute Gasteiger partial charge is 0.487 e. The number of aryl methyl sites for hydroxylation is 1. The van der Waals surface area contributed by atoms with Crippen LogP contribution in [-0.2, 0) is 14.9 Å².